The zero-order chi connectivity index (χ0) is 20.6. The monoisotopic (exact) mass is 402 g/mol. The number of hydrogen-bond donors (Lipinski definition) is 2. The first kappa shape index (κ1) is 21.9. The molecule has 1 aliphatic heterocycles. The van der Waals surface area contributed by atoms with Crippen LogP contribution in [0.4, 0.5) is 16.2 Å². The summed E-state index contributed by atoms with van der Waals surface area (Å²) in [7, 11) is 0. The van der Waals surface area contributed by atoms with E-state index in [1.807, 2.05) is 6.07 Å². The van der Waals surface area contributed by atoms with Crippen molar-refractivity contribution in [2.24, 2.45) is 5.92 Å². The number of aryl methyl sites for hydroxylation is 1. The number of likely N-dealkylation sites (N-methyl/N-ethyl adjacent to an activating group) is 1. The summed E-state index contributed by atoms with van der Waals surface area (Å²) in [6, 6.07) is 6.00. The second kappa shape index (κ2) is 10.8. The van der Waals surface area contributed by atoms with Crippen LogP contribution in [0.3, 0.4) is 0 Å². The number of carbonyl (C=O) groups excluding carboxylic acids is 1. The van der Waals surface area contributed by atoms with Crippen molar-refractivity contribution in [3.05, 3.63) is 23.8 Å². The zero-order valence-corrected chi connectivity index (χ0v) is 18.4. The standard InChI is InChI=1S/C23H38N4O2/c1-4-26-12-14-27(15-13-26)21-10-9-20(17-19(21)3)25-23(28)24-11-16-29-22-8-6-5-7-18(22)2/h9-10,17-18,22H,4-8,11-16H2,1-3H3,(H2,24,25,28)/t18-,22-/m1/s1. The molecule has 1 saturated heterocycles. The predicted molar refractivity (Wildman–Crippen MR) is 120 cm³/mol. The van der Waals surface area contributed by atoms with E-state index in [1.54, 1.807) is 0 Å². The molecule has 0 spiro atoms. The van der Waals surface area contributed by atoms with Crippen LogP contribution in [-0.4, -0.2) is 62.9 Å². The molecule has 2 amide bonds. The van der Waals surface area contributed by atoms with E-state index in [4.69, 9.17) is 4.74 Å². The molecule has 1 saturated carbocycles. The lowest BCUT2D eigenvalue weighted by Gasteiger charge is -2.36. The van der Waals surface area contributed by atoms with E-state index in [9.17, 15) is 4.79 Å². The SMILES string of the molecule is CCN1CCN(c2ccc(NC(=O)NCCO[C@@H]3CCCC[C@H]3C)cc2C)CC1. The largest absolute Gasteiger partial charge is 0.376 e. The van der Waals surface area contributed by atoms with Gasteiger partial charge in [0.2, 0.25) is 0 Å². The minimum absolute atomic E-state index is 0.172. The predicted octanol–water partition coefficient (Wildman–Crippen LogP) is 3.85. The number of amides is 2. The Morgan fingerprint density at radius 3 is 2.62 bits per heavy atom. The third-order valence-corrected chi connectivity index (χ3v) is 6.37. The van der Waals surface area contributed by atoms with E-state index in [0.29, 0.717) is 25.2 Å². The molecule has 2 atom stereocenters. The number of piperazine rings is 1. The fourth-order valence-electron chi connectivity index (χ4n) is 4.47. The maximum Gasteiger partial charge on any atom is 0.319 e. The van der Waals surface area contributed by atoms with E-state index in [2.05, 4.69) is 53.3 Å². The third-order valence-electron chi connectivity index (χ3n) is 6.37. The molecule has 2 N–H and O–H groups in total. The number of anilines is 2. The van der Waals surface area contributed by atoms with Gasteiger partial charge < -0.3 is 25.2 Å². The van der Waals surface area contributed by atoms with Crippen molar-refractivity contribution in [3.63, 3.8) is 0 Å². The van der Waals surface area contributed by atoms with E-state index < -0.39 is 0 Å². The van der Waals surface area contributed by atoms with E-state index in [1.165, 1.54) is 30.5 Å². The lowest BCUT2D eigenvalue weighted by atomic mass is 9.88. The van der Waals surface area contributed by atoms with Gasteiger partial charge in [0, 0.05) is 44.1 Å². The van der Waals surface area contributed by atoms with Gasteiger partial charge in [-0.1, -0.05) is 26.7 Å². The van der Waals surface area contributed by atoms with Gasteiger partial charge in [0.15, 0.2) is 0 Å². The zero-order valence-electron chi connectivity index (χ0n) is 18.4. The lowest BCUT2D eigenvalue weighted by Crippen LogP contribution is -2.46. The fraction of sp³-hybridized carbons (Fsp3) is 0.696. The Morgan fingerprint density at radius 2 is 1.93 bits per heavy atom. The van der Waals surface area contributed by atoms with Crippen LogP contribution in [-0.2, 0) is 4.74 Å². The van der Waals surface area contributed by atoms with E-state index in [-0.39, 0.29) is 6.03 Å². The highest BCUT2D eigenvalue weighted by atomic mass is 16.5. The molecule has 3 rings (SSSR count). The van der Waals surface area contributed by atoms with Crippen LogP contribution in [0.25, 0.3) is 0 Å². The van der Waals surface area contributed by atoms with Crippen LogP contribution in [0.1, 0.15) is 45.1 Å². The van der Waals surface area contributed by atoms with Crippen LogP contribution in [0.2, 0.25) is 0 Å². The molecule has 0 radical (unpaired) electrons. The Kier molecular flexibility index (Phi) is 8.19. The molecule has 1 aromatic carbocycles. The topological polar surface area (TPSA) is 56.8 Å². The molecule has 2 aliphatic rings. The number of ether oxygens (including phenoxy) is 1. The molecule has 0 bridgehead atoms. The molecule has 6 nitrogen and oxygen atoms in total. The average molecular weight is 403 g/mol. The summed E-state index contributed by atoms with van der Waals surface area (Å²) in [6.07, 6.45) is 5.32. The minimum Gasteiger partial charge on any atom is -0.376 e. The highest BCUT2D eigenvalue weighted by molar-refractivity contribution is 5.89. The molecule has 6 heteroatoms. The van der Waals surface area contributed by atoms with E-state index in [0.717, 1.165) is 44.8 Å². The number of nitrogens with one attached hydrogen (secondary N) is 2. The average Bonchev–Trinajstić information content (AvgIpc) is 2.73. The van der Waals surface area contributed by atoms with Crippen LogP contribution >= 0.6 is 0 Å². The summed E-state index contributed by atoms with van der Waals surface area (Å²) in [5, 5.41) is 5.85. The van der Waals surface area contributed by atoms with Gasteiger partial charge in [0.05, 0.1) is 12.7 Å². The van der Waals surface area contributed by atoms with Gasteiger partial charge in [-0.2, -0.15) is 0 Å². The lowest BCUT2D eigenvalue weighted by molar-refractivity contribution is -0.00232. The Hall–Kier alpha value is -1.79. The maximum atomic E-state index is 12.2. The molecule has 1 aliphatic carbocycles. The van der Waals surface area contributed by atoms with Crippen LogP contribution < -0.4 is 15.5 Å². The minimum atomic E-state index is -0.172. The summed E-state index contributed by atoms with van der Waals surface area (Å²) in [6.45, 7) is 13.2. The number of carbonyl (C=O) groups is 1. The number of hydrogen-bond acceptors (Lipinski definition) is 4. The number of nitrogens with zero attached hydrogens (tertiary/aromatic N) is 2. The molecule has 1 heterocycles. The highest BCUT2D eigenvalue weighted by Crippen LogP contribution is 2.26. The quantitative estimate of drug-likeness (QED) is 0.680. The van der Waals surface area contributed by atoms with Gasteiger partial charge in [-0.05, 0) is 56.0 Å². The van der Waals surface area contributed by atoms with Crippen molar-refractivity contribution in [3.8, 4) is 0 Å². The second-order valence-electron chi connectivity index (χ2n) is 8.47. The van der Waals surface area contributed by atoms with Crippen molar-refractivity contribution in [1.29, 1.82) is 0 Å². The first-order valence-corrected chi connectivity index (χ1v) is 11.3. The van der Waals surface area contributed by atoms with Crippen molar-refractivity contribution in [2.75, 3.05) is 56.1 Å². The van der Waals surface area contributed by atoms with Gasteiger partial charge in [-0.25, -0.2) is 4.79 Å². The molecular weight excluding hydrogens is 364 g/mol. The van der Waals surface area contributed by atoms with Gasteiger partial charge in [0.1, 0.15) is 0 Å². The first-order chi connectivity index (χ1) is 14.1. The summed E-state index contributed by atoms with van der Waals surface area (Å²) in [5.74, 6) is 0.629. The van der Waals surface area contributed by atoms with Crippen molar-refractivity contribution >= 4 is 17.4 Å². The molecule has 0 aromatic heterocycles. The number of urea groups is 1. The molecule has 1 aromatic rings. The van der Waals surface area contributed by atoms with Gasteiger partial charge >= 0.3 is 6.03 Å². The van der Waals surface area contributed by atoms with Crippen molar-refractivity contribution in [2.45, 2.75) is 52.6 Å². The van der Waals surface area contributed by atoms with E-state index >= 15 is 0 Å². The van der Waals surface area contributed by atoms with Gasteiger partial charge in [0.25, 0.3) is 0 Å². The Morgan fingerprint density at radius 1 is 1.17 bits per heavy atom. The normalized spacial score (nSPS) is 23.1. The molecule has 2 fully saturated rings. The number of rotatable bonds is 7. The van der Waals surface area contributed by atoms with Gasteiger partial charge in [-0.15, -0.1) is 0 Å². The van der Waals surface area contributed by atoms with Crippen LogP contribution in [0.5, 0.6) is 0 Å². The fourth-order valence-corrected chi connectivity index (χ4v) is 4.47. The summed E-state index contributed by atoms with van der Waals surface area (Å²) >= 11 is 0. The molecule has 162 valence electrons. The summed E-state index contributed by atoms with van der Waals surface area (Å²) in [4.78, 5) is 17.1. The Labute approximate surface area is 176 Å². The van der Waals surface area contributed by atoms with Crippen molar-refractivity contribution in [1.82, 2.24) is 10.2 Å². The Balaban J connectivity index is 1.40. The first-order valence-electron chi connectivity index (χ1n) is 11.3. The van der Waals surface area contributed by atoms with Crippen LogP contribution in [0, 0.1) is 12.8 Å². The summed E-state index contributed by atoms with van der Waals surface area (Å²) < 4.78 is 5.96. The van der Waals surface area contributed by atoms with Gasteiger partial charge in [-0.3, -0.25) is 0 Å². The molecular formula is C23H38N4O2. The van der Waals surface area contributed by atoms with Crippen LogP contribution in [0.15, 0.2) is 18.2 Å². The molecule has 29 heavy (non-hydrogen) atoms. The molecule has 0 unspecified atom stereocenters. The highest BCUT2D eigenvalue weighted by Gasteiger charge is 2.21. The maximum absolute atomic E-state index is 12.2. The third kappa shape index (κ3) is 6.34. The second-order valence-corrected chi connectivity index (χ2v) is 8.47. The smallest absolute Gasteiger partial charge is 0.319 e. The van der Waals surface area contributed by atoms with Crippen molar-refractivity contribution < 1.29 is 9.53 Å². The number of benzene rings is 1. The Bertz CT molecular complexity index is 658. The summed E-state index contributed by atoms with van der Waals surface area (Å²) in [5.41, 5.74) is 3.29.